The molecule has 1 aromatic carbocycles. The fourth-order valence-electron chi connectivity index (χ4n) is 3.61. The van der Waals surface area contributed by atoms with E-state index < -0.39 is 0 Å². The Labute approximate surface area is 158 Å². The Morgan fingerprint density at radius 3 is 2.85 bits per heavy atom. The smallest absolute Gasteiger partial charge is 0.229 e. The summed E-state index contributed by atoms with van der Waals surface area (Å²) in [7, 11) is 1.71. The lowest BCUT2D eigenvalue weighted by Gasteiger charge is -2.35. The van der Waals surface area contributed by atoms with Gasteiger partial charge in [0.05, 0.1) is 19.2 Å². The van der Waals surface area contributed by atoms with Crippen LogP contribution in [0.25, 0.3) is 0 Å². The number of anilines is 1. The van der Waals surface area contributed by atoms with Crippen molar-refractivity contribution in [3.63, 3.8) is 0 Å². The third-order valence-electron chi connectivity index (χ3n) is 5.09. The normalized spacial score (nSPS) is 18.6. The van der Waals surface area contributed by atoms with Gasteiger partial charge in [-0.15, -0.1) is 0 Å². The molecule has 0 saturated heterocycles. The van der Waals surface area contributed by atoms with Crippen LogP contribution in [0, 0.1) is 0 Å². The van der Waals surface area contributed by atoms with Gasteiger partial charge in [0.2, 0.25) is 5.91 Å². The van der Waals surface area contributed by atoms with Crippen LogP contribution in [0.15, 0.2) is 54.9 Å². The molecule has 1 aliphatic carbocycles. The zero-order chi connectivity index (χ0) is 18.6. The lowest BCUT2D eigenvalue weighted by Crippen LogP contribution is -2.21. The zero-order valence-corrected chi connectivity index (χ0v) is 15.2. The van der Waals surface area contributed by atoms with Gasteiger partial charge in [-0.05, 0) is 42.0 Å². The van der Waals surface area contributed by atoms with Crippen molar-refractivity contribution in [3.05, 3.63) is 71.7 Å². The summed E-state index contributed by atoms with van der Waals surface area (Å²) in [5, 5.41) is 10.2. The summed E-state index contributed by atoms with van der Waals surface area (Å²) in [6.45, 7) is 0. The van der Waals surface area contributed by atoms with Crippen LogP contribution in [0.2, 0.25) is 0 Å². The van der Waals surface area contributed by atoms with Crippen LogP contribution in [-0.2, 0) is 11.2 Å². The van der Waals surface area contributed by atoms with Crippen molar-refractivity contribution in [2.75, 3.05) is 12.4 Å². The molecule has 2 aromatic heterocycles. The van der Waals surface area contributed by atoms with E-state index in [-0.39, 0.29) is 5.91 Å². The van der Waals surface area contributed by atoms with Crippen LogP contribution >= 0.6 is 0 Å². The number of aromatic amines is 1. The van der Waals surface area contributed by atoms with Crippen LogP contribution in [0.5, 0.6) is 5.75 Å². The third-order valence-corrected chi connectivity index (χ3v) is 5.09. The Morgan fingerprint density at radius 1 is 1.22 bits per heavy atom. The summed E-state index contributed by atoms with van der Waals surface area (Å²) in [6, 6.07) is 13.8. The Hall–Kier alpha value is -3.15. The Morgan fingerprint density at radius 2 is 2.07 bits per heavy atom. The van der Waals surface area contributed by atoms with E-state index in [2.05, 4.69) is 32.6 Å². The third kappa shape index (κ3) is 3.84. The second-order valence-electron chi connectivity index (χ2n) is 6.90. The molecule has 138 valence electrons. The van der Waals surface area contributed by atoms with Gasteiger partial charge in [-0.1, -0.05) is 24.3 Å². The van der Waals surface area contributed by atoms with E-state index in [4.69, 9.17) is 4.74 Å². The molecule has 1 fully saturated rings. The number of nitrogens with one attached hydrogen (secondary N) is 2. The number of carbonyl (C=O) groups is 1. The summed E-state index contributed by atoms with van der Waals surface area (Å²) in [6.07, 6.45) is 5.76. The maximum Gasteiger partial charge on any atom is 0.229 e. The molecular weight excluding hydrogens is 340 g/mol. The topological polar surface area (TPSA) is 79.9 Å². The standard InChI is InChI=1S/C21H22N4O2/c1-27-19-7-3-2-6-17(19)15-10-16(11-15)18-12-20(25-24-18)23-21(26)9-14-5-4-8-22-13-14/h2-8,12-13,15-16H,9-11H2,1H3,(H2,23,24,25,26)/t15-,16+. The molecule has 4 rings (SSSR count). The second-order valence-corrected chi connectivity index (χ2v) is 6.90. The second kappa shape index (κ2) is 7.61. The number of rotatable bonds is 6. The monoisotopic (exact) mass is 362 g/mol. The van der Waals surface area contributed by atoms with Crippen LogP contribution < -0.4 is 10.1 Å². The highest BCUT2D eigenvalue weighted by Crippen LogP contribution is 2.49. The SMILES string of the molecule is COc1ccccc1[C@H]1C[C@@H](c2cc(NC(=O)Cc3cccnc3)[nH]n2)C1. The lowest BCUT2D eigenvalue weighted by molar-refractivity contribution is -0.115. The quantitative estimate of drug-likeness (QED) is 0.701. The van der Waals surface area contributed by atoms with Crippen molar-refractivity contribution in [1.82, 2.24) is 15.2 Å². The van der Waals surface area contributed by atoms with Gasteiger partial charge in [0.25, 0.3) is 0 Å². The number of aromatic nitrogens is 3. The number of ether oxygens (including phenoxy) is 1. The summed E-state index contributed by atoms with van der Waals surface area (Å²) in [5.74, 6) is 2.40. The maximum atomic E-state index is 12.2. The molecule has 27 heavy (non-hydrogen) atoms. The highest BCUT2D eigenvalue weighted by Gasteiger charge is 2.34. The first-order chi connectivity index (χ1) is 13.2. The molecule has 1 amide bonds. The van der Waals surface area contributed by atoms with Gasteiger partial charge in [0.1, 0.15) is 11.6 Å². The largest absolute Gasteiger partial charge is 0.496 e. The zero-order valence-electron chi connectivity index (χ0n) is 15.2. The Kier molecular flexibility index (Phi) is 4.87. The maximum absolute atomic E-state index is 12.2. The molecule has 0 atom stereocenters. The number of H-pyrrole nitrogens is 1. The van der Waals surface area contributed by atoms with Gasteiger partial charge in [-0.25, -0.2) is 0 Å². The molecule has 2 N–H and O–H groups in total. The number of hydrogen-bond acceptors (Lipinski definition) is 4. The van der Waals surface area contributed by atoms with Crippen molar-refractivity contribution >= 4 is 11.7 Å². The molecule has 0 bridgehead atoms. The minimum Gasteiger partial charge on any atom is -0.496 e. The van der Waals surface area contributed by atoms with E-state index in [1.807, 2.05) is 30.3 Å². The first-order valence-electron chi connectivity index (χ1n) is 9.10. The molecule has 0 aliphatic heterocycles. The number of para-hydroxylation sites is 1. The van der Waals surface area contributed by atoms with E-state index in [1.165, 1.54) is 5.56 Å². The van der Waals surface area contributed by atoms with E-state index in [0.717, 1.165) is 29.8 Å². The average molecular weight is 362 g/mol. The Balaban J connectivity index is 1.33. The predicted molar refractivity (Wildman–Crippen MR) is 103 cm³/mol. The minimum atomic E-state index is -0.0845. The number of carbonyl (C=O) groups excluding carboxylic acids is 1. The van der Waals surface area contributed by atoms with Crippen LogP contribution in [0.4, 0.5) is 5.82 Å². The van der Waals surface area contributed by atoms with Gasteiger partial charge < -0.3 is 10.1 Å². The fourth-order valence-corrected chi connectivity index (χ4v) is 3.61. The van der Waals surface area contributed by atoms with Crippen molar-refractivity contribution in [3.8, 4) is 5.75 Å². The first-order valence-corrected chi connectivity index (χ1v) is 9.10. The molecule has 0 radical (unpaired) electrons. The van der Waals surface area contributed by atoms with Gasteiger partial charge in [-0.2, -0.15) is 5.10 Å². The van der Waals surface area contributed by atoms with Crippen molar-refractivity contribution in [2.45, 2.75) is 31.1 Å². The molecule has 6 nitrogen and oxygen atoms in total. The molecule has 2 heterocycles. The average Bonchev–Trinajstić information content (AvgIpc) is 3.09. The first kappa shape index (κ1) is 17.3. The minimum absolute atomic E-state index is 0.0845. The molecular formula is C21H22N4O2. The highest BCUT2D eigenvalue weighted by atomic mass is 16.5. The Bertz CT molecular complexity index is 917. The number of hydrogen-bond donors (Lipinski definition) is 2. The number of pyridine rings is 1. The molecule has 3 aromatic rings. The van der Waals surface area contributed by atoms with Crippen LogP contribution in [0.1, 0.15) is 41.5 Å². The van der Waals surface area contributed by atoms with E-state index in [9.17, 15) is 4.79 Å². The van der Waals surface area contributed by atoms with Crippen molar-refractivity contribution in [1.29, 1.82) is 0 Å². The fraction of sp³-hybridized carbons (Fsp3) is 0.286. The summed E-state index contributed by atoms with van der Waals surface area (Å²) in [4.78, 5) is 16.2. The number of benzene rings is 1. The van der Waals surface area contributed by atoms with Crippen molar-refractivity contribution in [2.24, 2.45) is 0 Å². The lowest BCUT2D eigenvalue weighted by atomic mass is 9.70. The molecule has 6 heteroatoms. The summed E-state index contributed by atoms with van der Waals surface area (Å²) >= 11 is 0. The molecule has 1 saturated carbocycles. The molecule has 0 unspecified atom stereocenters. The van der Waals surface area contributed by atoms with Gasteiger partial charge >= 0.3 is 0 Å². The predicted octanol–water partition coefficient (Wildman–Crippen LogP) is 3.66. The molecule has 1 aliphatic rings. The van der Waals surface area contributed by atoms with Gasteiger partial charge in [0, 0.05) is 24.4 Å². The van der Waals surface area contributed by atoms with Gasteiger partial charge in [0.15, 0.2) is 0 Å². The van der Waals surface area contributed by atoms with E-state index in [0.29, 0.717) is 24.1 Å². The number of methoxy groups -OCH3 is 1. The summed E-state index contributed by atoms with van der Waals surface area (Å²) in [5.41, 5.74) is 3.14. The van der Waals surface area contributed by atoms with Crippen molar-refractivity contribution < 1.29 is 9.53 Å². The number of nitrogens with zero attached hydrogens (tertiary/aromatic N) is 2. The van der Waals surface area contributed by atoms with E-state index in [1.54, 1.807) is 19.5 Å². The van der Waals surface area contributed by atoms with Crippen LogP contribution in [-0.4, -0.2) is 28.2 Å². The van der Waals surface area contributed by atoms with Gasteiger partial charge in [-0.3, -0.25) is 14.9 Å². The van der Waals surface area contributed by atoms with E-state index >= 15 is 0 Å². The highest BCUT2D eigenvalue weighted by molar-refractivity contribution is 5.91. The molecule has 0 spiro atoms. The summed E-state index contributed by atoms with van der Waals surface area (Å²) < 4.78 is 5.47. The van der Waals surface area contributed by atoms with Crippen LogP contribution in [0.3, 0.4) is 0 Å². The number of amides is 1.